The molecule has 3 heteroatoms. The Bertz CT molecular complexity index is 372. The quantitative estimate of drug-likeness (QED) is 0.628. The highest BCUT2D eigenvalue weighted by atomic mass is 16.5. The molecule has 0 atom stereocenters. The number of benzene rings is 1. The van der Waals surface area contributed by atoms with E-state index in [0.29, 0.717) is 11.3 Å². The van der Waals surface area contributed by atoms with Crippen LogP contribution in [-0.2, 0) is 11.2 Å². The summed E-state index contributed by atoms with van der Waals surface area (Å²) in [5.74, 6) is -0.342. The van der Waals surface area contributed by atoms with E-state index in [1.54, 1.807) is 6.07 Å². The first-order chi connectivity index (χ1) is 7.54. The Morgan fingerprint density at radius 2 is 2.12 bits per heavy atom. The second kappa shape index (κ2) is 5.54. The van der Waals surface area contributed by atoms with E-state index < -0.39 is 0 Å². The third-order valence-electron chi connectivity index (χ3n) is 2.22. The molecule has 0 aromatic heterocycles. The van der Waals surface area contributed by atoms with Crippen LogP contribution in [0, 0.1) is 0 Å². The van der Waals surface area contributed by atoms with Gasteiger partial charge in [0.25, 0.3) is 0 Å². The number of aryl methyl sites for hydroxylation is 1. The molecule has 0 radical (unpaired) electrons. The van der Waals surface area contributed by atoms with Crippen LogP contribution in [0.15, 0.2) is 18.2 Å². The van der Waals surface area contributed by atoms with E-state index in [4.69, 9.17) is 10.5 Å². The maximum atomic E-state index is 11.7. The molecule has 0 unspecified atom stereocenters. The van der Waals surface area contributed by atoms with Gasteiger partial charge in [0.2, 0.25) is 0 Å². The van der Waals surface area contributed by atoms with Crippen molar-refractivity contribution in [3.05, 3.63) is 29.3 Å². The Balaban J connectivity index is 2.93. The first-order valence-electron chi connectivity index (χ1n) is 5.64. The largest absolute Gasteiger partial charge is 0.459 e. The van der Waals surface area contributed by atoms with Crippen LogP contribution in [0.5, 0.6) is 0 Å². The maximum Gasteiger partial charge on any atom is 0.340 e. The summed E-state index contributed by atoms with van der Waals surface area (Å²) >= 11 is 0. The summed E-state index contributed by atoms with van der Waals surface area (Å²) in [6, 6.07) is 5.54. The molecule has 2 N–H and O–H groups in total. The second-order valence-electron chi connectivity index (χ2n) is 4.13. The average Bonchev–Trinajstić information content (AvgIpc) is 2.20. The molecule has 0 fully saturated rings. The predicted octanol–water partition coefficient (Wildman–Crippen LogP) is 2.79. The van der Waals surface area contributed by atoms with E-state index in [1.807, 2.05) is 26.0 Å². The van der Waals surface area contributed by atoms with Gasteiger partial charge in [-0.2, -0.15) is 0 Å². The monoisotopic (exact) mass is 221 g/mol. The molecule has 0 saturated heterocycles. The lowest BCUT2D eigenvalue weighted by Crippen LogP contribution is -2.13. The lowest BCUT2D eigenvalue weighted by atomic mass is 10.1. The summed E-state index contributed by atoms with van der Waals surface area (Å²) in [4.78, 5) is 11.7. The van der Waals surface area contributed by atoms with Crippen molar-refractivity contribution in [1.29, 1.82) is 0 Å². The van der Waals surface area contributed by atoms with Crippen molar-refractivity contribution >= 4 is 11.7 Å². The van der Waals surface area contributed by atoms with Crippen molar-refractivity contribution in [3.63, 3.8) is 0 Å². The van der Waals surface area contributed by atoms with Crippen molar-refractivity contribution in [2.45, 2.75) is 39.7 Å². The fourth-order valence-corrected chi connectivity index (χ4v) is 1.50. The van der Waals surface area contributed by atoms with Gasteiger partial charge in [-0.15, -0.1) is 0 Å². The van der Waals surface area contributed by atoms with Gasteiger partial charge >= 0.3 is 5.97 Å². The van der Waals surface area contributed by atoms with Crippen LogP contribution in [0.25, 0.3) is 0 Å². The smallest absolute Gasteiger partial charge is 0.340 e. The van der Waals surface area contributed by atoms with Crippen LogP contribution in [0.1, 0.15) is 43.1 Å². The lowest BCUT2D eigenvalue weighted by Gasteiger charge is -2.10. The van der Waals surface area contributed by atoms with Crippen molar-refractivity contribution in [2.24, 2.45) is 0 Å². The Kier molecular flexibility index (Phi) is 4.35. The second-order valence-corrected chi connectivity index (χ2v) is 4.13. The minimum atomic E-state index is -0.342. The molecule has 0 amide bonds. The maximum absolute atomic E-state index is 11.7. The van der Waals surface area contributed by atoms with Gasteiger partial charge in [0, 0.05) is 5.69 Å². The minimum Gasteiger partial charge on any atom is -0.459 e. The third-order valence-corrected chi connectivity index (χ3v) is 2.22. The Labute approximate surface area is 96.6 Å². The summed E-state index contributed by atoms with van der Waals surface area (Å²) in [7, 11) is 0. The number of rotatable bonds is 4. The van der Waals surface area contributed by atoms with E-state index in [9.17, 15) is 4.79 Å². The number of nitrogens with two attached hydrogens (primary N) is 1. The summed E-state index contributed by atoms with van der Waals surface area (Å²) in [5, 5.41) is 0. The van der Waals surface area contributed by atoms with Crippen LogP contribution in [-0.4, -0.2) is 12.1 Å². The SMILES string of the molecule is CCCc1ccc(N)c(C(=O)OC(C)C)c1. The van der Waals surface area contributed by atoms with Gasteiger partial charge in [0.1, 0.15) is 0 Å². The van der Waals surface area contributed by atoms with Crippen molar-refractivity contribution in [1.82, 2.24) is 0 Å². The van der Waals surface area contributed by atoms with Gasteiger partial charge in [-0.3, -0.25) is 0 Å². The van der Waals surface area contributed by atoms with E-state index in [0.717, 1.165) is 18.4 Å². The minimum absolute atomic E-state index is 0.123. The highest BCUT2D eigenvalue weighted by Gasteiger charge is 2.13. The molecule has 88 valence electrons. The van der Waals surface area contributed by atoms with Gasteiger partial charge in [-0.25, -0.2) is 4.79 Å². The summed E-state index contributed by atoms with van der Waals surface area (Å²) in [6.07, 6.45) is 1.87. The number of esters is 1. The van der Waals surface area contributed by atoms with Gasteiger partial charge < -0.3 is 10.5 Å². The molecule has 0 aliphatic heterocycles. The summed E-state index contributed by atoms with van der Waals surface area (Å²) in [6.45, 7) is 5.75. The van der Waals surface area contributed by atoms with Gasteiger partial charge in [0.15, 0.2) is 0 Å². The van der Waals surface area contributed by atoms with Gasteiger partial charge in [0.05, 0.1) is 11.7 Å². The van der Waals surface area contributed by atoms with E-state index in [2.05, 4.69) is 6.92 Å². The molecular formula is C13H19NO2. The van der Waals surface area contributed by atoms with Crippen LogP contribution < -0.4 is 5.73 Å². The summed E-state index contributed by atoms with van der Waals surface area (Å²) < 4.78 is 5.13. The van der Waals surface area contributed by atoms with Crippen LogP contribution in [0.4, 0.5) is 5.69 Å². The third kappa shape index (κ3) is 3.26. The molecule has 0 spiro atoms. The van der Waals surface area contributed by atoms with Crippen LogP contribution in [0.3, 0.4) is 0 Å². The van der Waals surface area contributed by atoms with E-state index in [-0.39, 0.29) is 12.1 Å². The average molecular weight is 221 g/mol. The lowest BCUT2D eigenvalue weighted by molar-refractivity contribution is 0.0379. The fraction of sp³-hybridized carbons (Fsp3) is 0.462. The Morgan fingerprint density at radius 3 is 2.69 bits per heavy atom. The standard InChI is InChI=1S/C13H19NO2/c1-4-5-10-6-7-12(14)11(8-10)13(15)16-9(2)3/h6-9H,4-5,14H2,1-3H3. The highest BCUT2D eigenvalue weighted by Crippen LogP contribution is 2.17. The zero-order valence-electron chi connectivity index (χ0n) is 10.1. The predicted molar refractivity (Wildman–Crippen MR) is 65.4 cm³/mol. The number of carbonyl (C=O) groups excluding carboxylic acids is 1. The van der Waals surface area contributed by atoms with Crippen LogP contribution in [0.2, 0.25) is 0 Å². The molecule has 3 nitrogen and oxygen atoms in total. The molecule has 1 aromatic rings. The first-order valence-corrected chi connectivity index (χ1v) is 5.64. The van der Waals surface area contributed by atoms with Crippen molar-refractivity contribution in [3.8, 4) is 0 Å². The molecule has 16 heavy (non-hydrogen) atoms. The van der Waals surface area contributed by atoms with Gasteiger partial charge in [-0.05, 0) is 38.0 Å². The van der Waals surface area contributed by atoms with Gasteiger partial charge in [-0.1, -0.05) is 19.4 Å². The van der Waals surface area contributed by atoms with Crippen molar-refractivity contribution in [2.75, 3.05) is 5.73 Å². The first kappa shape index (κ1) is 12.6. The molecule has 0 aliphatic carbocycles. The normalized spacial score (nSPS) is 10.5. The van der Waals surface area contributed by atoms with Crippen molar-refractivity contribution < 1.29 is 9.53 Å². The number of carbonyl (C=O) groups is 1. The number of hydrogen-bond acceptors (Lipinski definition) is 3. The number of ether oxygens (including phenoxy) is 1. The summed E-state index contributed by atoms with van der Waals surface area (Å²) in [5.41, 5.74) is 7.83. The van der Waals surface area contributed by atoms with E-state index in [1.165, 1.54) is 0 Å². The van der Waals surface area contributed by atoms with E-state index >= 15 is 0 Å². The van der Waals surface area contributed by atoms with Crippen LogP contribution >= 0.6 is 0 Å². The number of anilines is 1. The zero-order valence-corrected chi connectivity index (χ0v) is 10.1. The molecule has 0 heterocycles. The Hall–Kier alpha value is -1.51. The molecule has 0 aliphatic rings. The topological polar surface area (TPSA) is 52.3 Å². The zero-order chi connectivity index (χ0) is 12.1. The number of hydrogen-bond donors (Lipinski definition) is 1. The molecular weight excluding hydrogens is 202 g/mol. The molecule has 0 saturated carbocycles. The highest BCUT2D eigenvalue weighted by molar-refractivity contribution is 5.95. The Morgan fingerprint density at radius 1 is 1.44 bits per heavy atom. The molecule has 0 bridgehead atoms. The fourth-order valence-electron chi connectivity index (χ4n) is 1.50. The molecule has 1 rings (SSSR count). The molecule has 1 aromatic carbocycles. The number of nitrogen functional groups attached to an aromatic ring is 1.